The van der Waals surface area contributed by atoms with Gasteiger partial charge >= 0.3 is 18.3 Å². The van der Waals surface area contributed by atoms with Crippen molar-refractivity contribution in [3.63, 3.8) is 0 Å². The molecule has 9 heteroatoms. The van der Waals surface area contributed by atoms with Crippen LogP contribution in [0.3, 0.4) is 0 Å². The molecule has 9 atom stereocenters. The van der Waals surface area contributed by atoms with Crippen LogP contribution in [0.2, 0.25) is 0 Å². The molecule has 3 amide bonds. The molecule has 6 aliphatic rings. The largest absolute Gasteiger partial charge is 0.446 e. The zero-order valence-electron chi connectivity index (χ0n) is 40.8. The van der Waals surface area contributed by atoms with Gasteiger partial charge in [0.1, 0.15) is 17.3 Å². The number of carbonyl (C=O) groups excluding carboxylic acids is 3. The summed E-state index contributed by atoms with van der Waals surface area (Å²) in [5.41, 5.74) is 1.21. The standard InChI is InChI=1S/C52H89N3O6/c1-13-37(33(2)3)15-14-34(4)43-18-19-44-42-17-16-38-32-41(20-24-51(38,11)45(42)21-25-52(43,44)12)59-48(58)55(26-22-35-28-39(29-35)53-46(56)60-49(5,6)7)27-23-36-30-40(31-36)54-47(57)61-50(8,9)10/h16,33-37,39-45H,13-15,17-32H2,1-12H3,(H,53,56)(H,54,57)/t34-,35?,36?,37-,39?,40?,41+,42+,43-,44+,45+,51+,52-/m1/s1. The maximum absolute atomic E-state index is 14.1. The van der Waals surface area contributed by atoms with E-state index < -0.39 is 11.2 Å². The molecule has 0 aromatic heterocycles. The Bertz CT molecular complexity index is 1490. The van der Waals surface area contributed by atoms with E-state index in [0.29, 0.717) is 30.3 Å². The number of nitrogens with zero attached hydrogens (tertiary/aromatic N) is 1. The summed E-state index contributed by atoms with van der Waals surface area (Å²) in [5.74, 6) is 6.58. The number of fused-ring (bicyclic) bond motifs is 5. The average molecular weight is 852 g/mol. The van der Waals surface area contributed by atoms with Crippen LogP contribution in [0.5, 0.6) is 0 Å². The van der Waals surface area contributed by atoms with Gasteiger partial charge in [-0.05, 0) is 196 Å². The zero-order chi connectivity index (χ0) is 44.5. The van der Waals surface area contributed by atoms with Crippen LogP contribution in [0.15, 0.2) is 11.6 Å². The summed E-state index contributed by atoms with van der Waals surface area (Å²) < 4.78 is 17.4. The van der Waals surface area contributed by atoms with Crippen molar-refractivity contribution < 1.29 is 28.6 Å². The normalized spacial score (nSPS) is 35.5. The second-order valence-corrected chi connectivity index (χ2v) is 24.1. The predicted molar refractivity (Wildman–Crippen MR) is 245 cm³/mol. The van der Waals surface area contributed by atoms with Crippen LogP contribution in [-0.2, 0) is 14.2 Å². The molecule has 9 nitrogen and oxygen atoms in total. The summed E-state index contributed by atoms with van der Waals surface area (Å²) in [6, 6.07) is 0.240. The first-order chi connectivity index (χ1) is 28.6. The van der Waals surface area contributed by atoms with E-state index in [1.807, 2.05) is 46.4 Å². The summed E-state index contributed by atoms with van der Waals surface area (Å²) in [4.78, 5) is 40.7. The number of alkyl carbamates (subject to hydrolysis) is 2. The van der Waals surface area contributed by atoms with Crippen LogP contribution < -0.4 is 10.6 Å². The Morgan fingerprint density at radius 1 is 0.787 bits per heavy atom. The number of carbonyl (C=O) groups is 3. The number of ether oxygens (including phenoxy) is 3. The Labute approximate surface area is 371 Å². The number of rotatable bonds is 15. The monoisotopic (exact) mass is 852 g/mol. The van der Waals surface area contributed by atoms with Crippen molar-refractivity contribution in [3.8, 4) is 0 Å². The zero-order valence-corrected chi connectivity index (χ0v) is 40.8. The minimum Gasteiger partial charge on any atom is -0.446 e. The van der Waals surface area contributed by atoms with E-state index in [1.54, 1.807) is 5.57 Å². The Kier molecular flexibility index (Phi) is 15.2. The summed E-state index contributed by atoms with van der Waals surface area (Å²) in [5, 5.41) is 6.03. The minimum atomic E-state index is -0.519. The molecule has 348 valence electrons. The maximum atomic E-state index is 14.1. The number of hydrogen-bond donors (Lipinski definition) is 2. The van der Waals surface area contributed by atoms with Gasteiger partial charge in [0.2, 0.25) is 0 Å². The fourth-order valence-corrected chi connectivity index (χ4v) is 13.7. The second-order valence-electron chi connectivity index (χ2n) is 24.1. The van der Waals surface area contributed by atoms with E-state index in [2.05, 4.69) is 58.3 Å². The molecule has 0 spiro atoms. The van der Waals surface area contributed by atoms with Crippen LogP contribution in [0.1, 0.15) is 192 Å². The highest BCUT2D eigenvalue weighted by molar-refractivity contribution is 5.69. The summed E-state index contributed by atoms with van der Waals surface area (Å²) in [7, 11) is 0. The van der Waals surface area contributed by atoms with Gasteiger partial charge in [0.25, 0.3) is 0 Å². The number of nitrogens with one attached hydrogen (secondary N) is 2. The Morgan fingerprint density at radius 2 is 1.36 bits per heavy atom. The van der Waals surface area contributed by atoms with Gasteiger partial charge < -0.3 is 29.7 Å². The first kappa shape index (κ1) is 48.0. The van der Waals surface area contributed by atoms with Crippen molar-refractivity contribution in [1.82, 2.24) is 15.5 Å². The first-order valence-electron chi connectivity index (χ1n) is 25.2. The molecule has 0 aliphatic heterocycles. The van der Waals surface area contributed by atoms with Crippen LogP contribution in [-0.4, -0.2) is 65.7 Å². The average Bonchev–Trinajstić information content (AvgIpc) is 3.48. The van der Waals surface area contributed by atoms with E-state index in [4.69, 9.17) is 14.2 Å². The minimum absolute atomic E-state index is 0.0774. The fraction of sp³-hybridized carbons (Fsp3) is 0.904. The third-order valence-corrected chi connectivity index (χ3v) is 17.3. The van der Waals surface area contributed by atoms with Crippen LogP contribution in [0.25, 0.3) is 0 Å². The van der Waals surface area contributed by atoms with Gasteiger partial charge in [0.05, 0.1) is 0 Å². The fourth-order valence-electron chi connectivity index (χ4n) is 13.7. The molecule has 5 saturated carbocycles. The molecule has 0 aromatic carbocycles. The lowest BCUT2D eigenvalue weighted by Gasteiger charge is -2.58. The van der Waals surface area contributed by atoms with E-state index in [-0.39, 0.29) is 41.9 Å². The lowest BCUT2D eigenvalue weighted by Crippen LogP contribution is -2.51. The first-order valence-corrected chi connectivity index (χ1v) is 25.2. The van der Waals surface area contributed by atoms with Crippen molar-refractivity contribution in [3.05, 3.63) is 11.6 Å². The molecule has 0 aromatic rings. The van der Waals surface area contributed by atoms with E-state index >= 15 is 0 Å². The van der Waals surface area contributed by atoms with Crippen molar-refractivity contribution in [1.29, 1.82) is 0 Å². The highest BCUT2D eigenvalue weighted by Crippen LogP contribution is 2.67. The van der Waals surface area contributed by atoms with Gasteiger partial charge in [-0.15, -0.1) is 0 Å². The van der Waals surface area contributed by atoms with E-state index in [9.17, 15) is 14.4 Å². The molecule has 0 bridgehead atoms. The van der Waals surface area contributed by atoms with Crippen molar-refractivity contribution in [2.45, 2.75) is 222 Å². The Balaban J connectivity index is 1.02. The third kappa shape index (κ3) is 11.8. The van der Waals surface area contributed by atoms with Gasteiger partial charge in [-0.2, -0.15) is 0 Å². The lowest BCUT2D eigenvalue weighted by atomic mass is 9.47. The van der Waals surface area contributed by atoms with Gasteiger partial charge in [-0.1, -0.05) is 66.0 Å². The van der Waals surface area contributed by atoms with Crippen molar-refractivity contribution >= 4 is 18.3 Å². The molecule has 0 heterocycles. The lowest BCUT2D eigenvalue weighted by molar-refractivity contribution is -0.0597. The number of amides is 3. The number of hydrogen-bond acceptors (Lipinski definition) is 6. The van der Waals surface area contributed by atoms with Crippen molar-refractivity contribution in [2.75, 3.05) is 13.1 Å². The molecule has 6 aliphatic carbocycles. The van der Waals surface area contributed by atoms with Crippen molar-refractivity contribution in [2.24, 2.45) is 64.1 Å². The number of allylic oxidation sites excluding steroid dienone is 1. The highest BCUT2D eigenvalue weighted by Gasteiger charge is 2.59. The van der Waals surface area contributed by atoms with Gasteiger partial charge in [-0.25, -0.2) is 14.4 Å². The smallest absolute Gasteiger partial charge is 0.410 e. The molecule has 2 N–H and O–H groups in total. The molecule has 0 saturated heterocycles. The summed E-state index contributed by atoms with van der Waals surface area (Å²) >= 11 is 0. The highest BCUT2D eigenvalue weighted by atomic mass is 16.6. The SMILES string of the molecule is CC[C@H](CC[C@@H](C)[C@H]1CC[C@H]2[C@@H]3CC=C4C[C@@H](OC(=O)N(CCC5CC(NC(=O)OC(C)(C)C)C5)CCC5CC(NC(=O)OC(C)(C)C)C5)CC[C@]4(C)[C@H]3CC[C@]12C)C(C)C. The Hall–Kier alpha value is -2.45. The molecule has 0 radical (unpaired) electrons. The van der Waals surface area contributed by atoms with E-state index in [0.717, 1.165) is 99.2 Å². The molecular formula is C52H89N3O6. The molecule has 61 heavy (non-hydrogen) atoms. The molecular weight excluding hydrogens is 763 g/mol. The quantitative estimate of drug-likeness (QED) is 0.126. The maximum Gasteiger partial charge on any atom is 0.410 e. The summed E-state index contributed by atoms with van der Waals surface area (Å²) in [6.07, 6.45) is 20.8. The second kappa shape index (κ2) is 19.3. The summed E-state index contributed by atoms with van der Waals surface area (Å²) in [6.45, 7) is 27.7. The van der Waals surface area contributed by atoms with Crippen LogP contribution in [0.4, 0.5) is 14.4 Å². The molecule has 0 unspecified atom stereocenters. The van der Waals surface area contributed by atoms with Crippen LogP contribution in [0, 0.1) is 64.1 Å². The van der Waals surface area contributed by atoms with E-state index in [1.165, 1.54) is 51.4 Å². The van der Waals surface area contributed by atoms with Gasteiger partial charge in [0.15, 0.2) is 0 Å². The molecule has 6 rings (SSSR count). The van der Waals surface area contributed by atoms with Gasteiger partial charge in [0, 0.05) is 31.6 Å². The topological polar surface area (TPSA) is 106 Å². The Morgan fingerprint density at radius 3 is 1.89 bits per heavy atom. The third-order valence-electron chi connectivity index (χ3n) is 17.3. The predicted octanol–water partition coefficient (Wildman–Crippen LogP) is 12.9. The molecule has 5 fully saturated rings. The van der Waals surface area contributed by atoms with Gasteiger partial charge in [-0.3, -0.25) is 0 Å². The van der Waals surface area contributed by atoms with Crippen LogP contribution >= 0.6 is 0 Å².